The molecule has 2 amide bonds. The molecule has 6 heteroatoms. The number of esters is 1. The van der Waals surface area contributed by atoms with Crippen LogP contribution in [0.2, 0.25) is 0 Å². The molecule has 0 fully saturated rings. The zero-order valence-electron chi connectivity index (χ0n) is 12.8. The summed E-state index contributed by atoms with van der Waals surface area (Å²) in [5.74, 6) is -0.417. The largest absolute Gasteiger partial charge is 0.459 e. The minimum Gasteiger partial charge on any atom is -0.459 e. The minimum absolute atomic E-state index is 0.176. The Morgan fingerprint density at radius 3 is 2.73 bits per heavy atom. The summed E-state index contributed by atoms with van der Waals surface area (Å²) in [6.45, 7) is 5.50. The smallest absolute Gasteiger partial charge is 0.338 e. The molecular formula is C16H19BrN2O3. The molecule has 2 rings (SSSR count). The maximum absolute atomic E-state index is 12.5. The van der Waals surface area contributed by atoms with Crippen LogP contribution in [-0.4, -0.2) is 18.1 Å². The normalized spacial score (nSPS) is 19.3. The maximum atomic E-state index is 12.5. The van der Waals surface area contributed by atoms with Crippen LogP contribution in [-0.2, 0) is 9.53 Å². The van der Waals surface area contributed by atoms with Gasteiger partial charge in [-0.2, -0.15) is 0 Å². The standard InChI is InChI=1S/C16H19BrN2O3/c1-4-9(2)22-15(20)13-10(3)18-16(21)19-14(13)11-7-5-6-8-12(11)17/h5-9,14H,4H2,1-3H3,(H2,18,19,21)/t9-,14-/m0/s1. The predicted molar refractivity (Wildman–Crippen MR) is 87.1 cm³/mol. The molecule has 1 aliphatic rings. The van der Waals surface area contributed by atoms with Gasteiger partial charge in [0.15, 0.2) is 0 Å². The fraction of sp³-hybridized carbons (Fsp3) is 0.375. The number of allylic oxidation sites excluding steroid dienone is 1. The summed E-state index contributed by atoms with van der Waals surface area (Å²) in [7, 11) is 0. The first-order valence-electron chi connectivity index (χ1n) is 7.17. The quantitative estimate of drug-likeness (QED) is 0.802. The summed E-state index contributed by atoms with van der Waals surface area (Å²) in [6, 6.07) is 6.60. The highest BCUT2D eigenvalue weighted by Gasteiger charge is 2.33. The number of carbonyl (C=O) groups excluding carboxylic acids is 2. The van der Waals surface area contributed by atoms with Gasteiger partial charge in [-0.3, -0.25) is 0 Å². The summed E-state index contributed by atoms with van der Waals surface area (Å²) >= 11 is 3.47. The Morgan fingerprint density at radius 1 is 1.41 bits per heavy atom. The highest BCUT2D eigenvalue weighted by atomic mass is 79.9. The zero-order chi connectivity index (χ0) is 16.3. The number of rotatable bonds is 4. The molecule has 1 aromatic rings. The Bertz CT molecular complexity index is 628. The monoisotopic (exact) mass is 366 g/mol. The highest BCUT2D eigenvalue weighted by Crippen LogP contribution is 2.32. The van der Waals surface area contributed by atoms with Crippen LogP contribution in [0.25, 0.3) is 0 Å². The second-order valence-corrected chi connectivity index (χ2v) is 6.07. The molecule has 0 spiro atoms. The first-order valence-corrected chi connectivity index (χ1v) is 7.97. The van der Waals surface area contributed by atoms with Gasteiger partial charge in [0.05, 0.1) is 17.7 Å². The van der Waals surface area contributed by atoms with Gasteiger partial charge in [0.25, 0.3) is 0 Å². The number of urea groups is 1. The third-order valence-corrected chi connectivity index (χ3v) is 4.31. The SMILES string of the molecule is CC[C@H](C)OC(=O)C1=C(C)NC(=O)N[C@H]1c1ccccc1Br. The summed E-state index contributed by atoms with van der Waals surface area (Å²) in [5, 5.41) is 5.42. The lowest BCUT2D eigenvalue weighted by Crippen LogP contribution is -2.45. The van der Waals surface area contributed by atoms with Gasteiger partial charge in [-0.05, 0) is 31.9 Å². The summed E-state index contributed by atoms with van der Waals surface area (Å²) < 4.78 is 6.26. The molecule has 5 nitrogen and oxygen atoms in total. The Morgan fingerprint density at radius 2 is 2.09 bits per heavy atom. The number of carbonyl (C=O) groups is 2. The van der Waals surface area contributed by atoms with E-state index >= 15 is 0 Å². The Labute approximate surface area is 138 Å². The van der Waals surface area contributed by atoms with E-state index in [9.17, 15) is 9.59 Å². The van der Waals surface area contributed by atoms with Crippen molar-refractivity contribution in [3.05, 3.63) is 45.6 Å². The van der Waals surface area contributed by atoms with Crippen LogP contribution in [0.5, 0.6) is 0 Å². The summed E-state index contributed by atoms with van der Waals surface area (Å²) in [6.07, 6.45) is 0.558. The number of hydrogen-bond acceptors (Lipinski definition) is 3. The lowest BCUT2D eigenvalue weighted by molar-refractivity contribution is -0.144. The van der Waals surface area contributed by atoms with Gasteiger partial charge < -0.3 is 15.4 Å². The third kappa shape index (κ3) is 3.50. The molecule has 0 radical (unpaired) electrons. The van der Waals surface area contributed by atoms with E-state index in [1.54, 1.807) is 6.92 Å². The predicted octanol–water partition coefficient (Wildman–Crippen LogP) is 3.42. The average Bonchev–Trinajstić information content (AvgIpc) is 2.46. The molecule has 0 aromatic heterocycles. The lowest BCUT2D eigenvalue weighted by atomic mass is 9.95. The topological polar surface area (TPSA) is 67.4 Å². The lowest BCUT2D eigenvalue weighted by Gasteiger charge is -2.29. The van der Waals surface area contributed by atoms with Crippen molar-refractivity contribution in [2.75, 3.05) is 0 Å². The van der Waals surface area contributed by atoms with Gasteiger partial charge in [-0.15, -0.1) is 0 Å². The fourth-order valence-corrected chi connectivity index (χ4v) is 2.75. The van der Waals surface area contributed by atoms with Crippen LogP contribution in [0.1, 0.15) is 38.8 Å². The van der Waals surface area contributed by atoms with Crippen LogP contribution in [0.15, 0.2) is 40.0 Å². The highest BCUT2D eigenvalue weighted by molar-refractivity contribution is 9.10. The van der Waals surface area contributed by atoms with Crippen molar-refractivity contribution in [2.45, 2.75) is 39.3 Å². The zero-order valence-corrected chi connectivity index (χ0v) is 14.4. The average molecular weight is 367 g/mol. The van der Waals surface area contributed by atoms with Crippen molar-refractivity contribution in [1.29, 1.82) is 0 Å². The van der Waals surface area contributed by atoms with Crippen molar-refractivity contribution < 1.29 is 14.3 Å². The fourth-order valence-electron chi connectivity index (χ4n) is 2.24. The van der Waals surface area contributed by atoms with Crippen molar-refractivity contribution in [1.82, 2.24) is 10.6 Å². The van der Waals surface area contributed by atoms with E-state index < -0.39 is 12.0 Å². The molecular weight excluding hydrogens is 348 g/mol. The van der Waals surface area contributed by atoms with Crippen LogP contribution in [0, 0.1) is 0 Å². The molecule has 0 saturated heterocycles. The number of benzene rings is 1. The molecule has 0 saturated carbocycles. The first-order chi connectivity index (χ1) is 10.4. The van der Waals surface area contributed by atoms with Crippen molar-refractivity contribution in [3.8, 4) is 0 Å². The van der Waals surface area contributed by atoms with Crippen molar-refractivity contribution in [2.24, 2.45) is 0 Å². The third-order valence-electron chi connectivity index (χ3n) is 3.59. The van der Waals surface area contributed by atoms with Crippen molar-refractivity contribution >= 4 is 27.9 Å². The molecule has 1 aromatic carbocycles. The minimum atomic E-state index is -0.541. The van der Waals surface area contributed by atoms with Gasteiger partial charge in [0, 0.05) is 10.2 Å². The second kappa shape index (κ2) is 6.96. The Kier molecular flexibility index (Phi) is 5.24. The summed E-state index contributed by atoms with van der Waals surface area (Å²) in [4.78, 5) is 24.3. The van der Waals surface area contributed by atoms with E-state index in [1.807, 2.05) is 38.1 Å². The molecule has 1 aliphatic heterocycles. The van der Waals surface area contributed by atoms with Crippen molar-refractivity contribution in [3.63, 3.8) is 0 Å². The first kappa shape index (κ1) is 16.5. The molecule has 2 N–H and O–H groups in total. The number of amides is 2. The molecule has 0 unspecified atom stereocenters. The van der Waals surface area contributed by atoms with E-state index in [4.69, 9.17) is 4.74 Å². The second-order valence-electron chi connectivity index (χ2n) is 5.22. The van der Waals surface area contributed by atoms with Crippen LogP contribution < -0.4 is 10.6 Å². The van der Waals surface area contributed by atoms with Crippen LogP contribution >= 0.6 is 15.9 Å². The van der Waals surface area contributed by atoms with Gasteiger partial charge >= 0.3 is 12.0 Å². The Balaban J connectivity index is 2.41. The molecule has 0 aliphatic carbocycles. The van der Waals surface area contributed by atoms with Gasteiger partial charge in [0.1, 0.15) is 0 Å². The van der Waals surface area contributed by atoms with E-state index in [0.717, 1.165) is 16.5 Å². The van der Waals surface area contributed by atoms with Gasteiger partial charge in [-0.1, -0.05) is 41.1 Å². The van der Waals surface area contributed by atoms with E-state index in [-0.39, 0.29) is 12.1 Å². The van der Waals surface area contributed by atoms with Crippen LogP contribution in [0.4, 0.5) is 4.79 Å². The molecule has 118 valence electrons. The Hall–Kier alpha value is -1.82. The number of nitrogens with one attached hydrogen (secondary N) is 2. The number of hydrogen-bond donors (Lipinski definition) is 2. The number of ether oxygens (including phenoxy) is 1. The van der Waals surface area contributed by atoms with E-state index in [0.29, 0.717) is 11.3 Å². The number of halogens is 1. The van der Waals surface area contributed by atoms with Gasteiger partial charge in [0.2, 0.25) is 0 Å². The van der Waals surface area contributed by atoms with Crippen LogP contribution in [0.3, 0.4) is 0 Å². The maximum Gasteiger partial charge on any atom is 0.338 e. The molecule has 22 heavy (non-hydrogen) atoms. The molecule has 0 bridgehead atoms. The van der Waals surface area contributed by atoms with Gasteiger partial charge in [-0.25, -0.2) is 9.59 Å². The molecule has 1 heterocycles. The van der Waals surface area contributed by atoms with E-state index in [1.165, 1.54) is 0 Å². The van der Waals surface area contributed by atoms with E-state index in [2.05, 4.69) is 26.6 Å². The summed E-state index contributed by atoms with van der Waals surface area (Å²) in [5.41, 5.74) is 1.75. The molecule has 2 atom stereocenters.